The predicted molar refractivity (Wildman–Crippen MR) is 63.0 cm³/mol. The molecule has 0 aromatic heterocycles. The fourth-order valence-corrected chi connectivity index (χ4v) is 1.44. The van der Waals surface area contributed by atoms with E-state index in [-0.39, 0.29) is 5.41 Å². The van der Waals surface area contributed by atoms with Crippen LogP contribution in [0.2, 0.25) is 0 Å². The number of hydrogen-bond donors (Lipinski definition) is 1. The van der Waals surface area contributed by atoms with E-state index in [1.807, 2.05) is 7.05 Å². The first-order chi connectivity index (χ1) is 5.72. The summed E-state index contributed by atoms with van der Waals surface area (Å²) >= 11 is 5.24. The summed E-state index contributed by atoms with van der Waals surface area (Å²) in [5, 5.41) is 4.06. The highest BCUT2D eigenvalue weighted by molar-refractivity contribution is 7.80. The average Bonchev–Trinajstić information content (AvgIpc) is 1.81. The molecule has 0 saturated heterocycles. The second kappa shape index (κ2) is 4.80. The molecule has 0 aliphatic rings. The first-order valence-electron chi connectivity index (χ1n) is 4.74. The molecule has 0 aromatic carbocycles. The van der Waals surface area contributed by atoms with E-state index >= 15 is 0 Å². The van der Waals surface area contributed by atoms with E-state index in [0.717, 1.165) is 11.7 Å². The minimum absolute atomic E-state index is 0.289. The Hall–Kier alpha value is -0.310. The third-order valence-electron chi connectivity index (χ3n) is 1.47. The van der Waals surface area contributed by atoms with Crippen molar-refractivity contribution in [2.24, 2.45) is 5.41 Å². The van der Waals surface area contributed by atoms with Crippen LogP contribution in [0.25, 0.3) is 0 Å². The van der Waals surface area contributed by atoms with E-state index in [0.29, 0.717) is 6.04 Å². The Balaban J connectivity index is 3.97. The molecule has 2 nitrogen and oxygen atoms in total. The number of thiocarbonyl (C=S) groups is 1. The standard InChI is InChI=1S/C10H22N2S/c1-8(2)11-9(13)12(6)7-10(3,4)5/h8H,7H2,1-6H3,(H,11,13). The number of nitrogens with zero attached hydrogens (tertiary/aromatic N) is 1. The summed E-state index contributed by atoms with van der Waals surface area (Å²) < 4.78 is 0. The largest absolute Gasteiger partial charge is 0.360 e. The first kappa shape index (κ1) is 12.7. The van der Waals surface area contributed by atoms with Gasteiger partial charge in [-0.2, -0.15) is 0 Å². The van der Waals surface area contributed by atoms with Crippen LogP contribution in [-0.4, -0.2) is 29.6 Å². The molecule has 0 heterocycles. The topological polar surface area (TPSA) is 15.3 Å². The predicted octanol–water partition coefficient (Wildman–Crippen LogP) is 2.25. The second-order valence-corrected chi connectivity index (χ2v) is 5.41. The SMILES string of the molecule is CC(C)NC(=S)N(C)CC(C)(C)C. The second-order valence-electron chi connectivity index (χ2n) is 5.02. The Morgan fingerprint density at radius 3 is 2.15 bits per heavy atom. The number of nitrogens with one attached hydrogen (secondary N) is 1. The molecular formula is C10H22N2S. The van der Waals surface area contributed by atoms with Gasteiger partial charge in [0.1, 0.15) is 0 Å². The Labute approximate surface area is 87.7 Å². The summed E-state index contributed by atoms with van der Waals surface area (Å²) in [5.41, 5.74) is 0.289. The third-order valence-corrected chi connectivity index (χ3v) is 1.90. The number of rotatable bonds is 2. The maximum Gasteiger partial charge on any atom is 0.168 e. The molecule has 0 unspecified atom stereocenters. The zero-order valence-electron chi connectivity index (χ0n) is 9.64. The summed E-state index contributed by atoms with van der Waals surface area (Å²) in [7, 11) is 2.03. The van der Waals surface area contributed by atoms with Gasteiger partial charge < -0.3 is 10.2 Å². The van der Waals surface area contributed by atoms with E-state index in [9.17, 15) is 0 Å². The highest BCUT2D eigenvalue weighted by atomic mass is 32.1. The van der Waals surface area contributed by atoms with Crippen molar-refractivity contribution in [3.63, 3.8) is 0 Å². The highest BCUT2D eigenvalue weighted by Crippen LogP contribution is 2.13. The third kappa shape index (κ3) is 6.82. The lowest BCUT2D eigenvalue weighted by atomic mass is 9.96. The molecule has 1 N–H and O–H groups in total. The Kier molecular flexibility index (Phi) is 4.68. The molecule has 0 aliphatic carbocycles. The van der Waals surface area contributed by atoms with Crippen molar-refractivity contribution in [3.8, 4) is 0 Å². The van der Waals surface area contributed by atoms with Crippen molar-refractivity contribution < 1.29 is 0 Å². The Bertz CT molecular complexity index is 170. The van der Waals surface area contributed by atoms with Gasteiger partial charge in [0.2, 0.25) is 0 Å². The Morgan fingerprint density at radius 2 is 1.85 bits per heavy atom. The van der Waals surface area contributed by atoms with Gasteiger partial charge >= 0.3 is 0 Å². The molecule has 78 valence electrons. The molecule has 0 aliphatic heterocycles. The van der Waals surface area contributed by atoms with Crippen LogP contribution in [0.1, 0.15) is 34.6 Å². The normalized spacial score (nSPS) is 11.6. The Morgan fingerprint density at radius 1 is 1.38 bits per heavy atom. The fraction of sp³-hybridized carbons (Fsp3) is 0.900. The van der Waals surface area contributed by atoms with Gasteiger partial charge in [-0.3, -0.25) is 0 Å². The minimum atomic E-state index is 0.289. The van der Waals surface area contributed by atoms with Gasteiger partial charge in [-0.1, -0.05) is 20.8 Å². The fourth-order valence-electron chi connectivity index (χ4n) is 1.14. The van der Waals surface area contributed by atoms with Crippen LogP contribution in [0.15, 0.2) is 0 Å². The van der Waals surface area contributed by atoms with Crippen LogP contribution in [0, 0.1) is 5.41 Å². The van der Waals surface area contributed by atoms with Crippen molar-refractivity contribution in [1.29, 1.82) is 0 Å². The van der Waals surface area contributed by atoms with Crippen molar-refractivity contribution in [2.45, 2.75) is 40.7 Å². The van der Waals surface area contributed by atoms with E-state index in [1.54, 1.807) is 0 Å². The average molecular weight is 202 g/mol. The smallest absolute Gasteiger partial charge is 0.168 e. The lowest BCUT2D eigenvalue weighted by Crippen LogP contribution is -2.43. The first-order valence-corrected chi connectivity index (χ1v) is 5.15. The molecule has 0 bridgehead atoms. The molecule has 0 aromatic rings. The lowest BCUT2D eigenvalue weighted by molar-refractivity contribution is 0.302. The molecule has 13 heavy (non-hydrogen) atoms. The summed E-state index contributed by atoms with van der Waals surface area (Å²) in [6, 6.07) is 0.412. The van der Waals surface area contributed by atoms with Gasteiger partial charge in [0.05, 0.1) is 0 Å². The van der Waals surface area contributed by atoms with Gasteiger partial charge in [0.25, 0.3) is 0 Å². The van der Waals surface area contributed by atoms with Gasteiger partial charge in [0.15, 0.2) is 5.11 Å². The van der Waals surface area contributed by atoms with Crippen molar-refractivity contribution in [3.05, 3.63) is 0 Å². The van der Waals surface area contributed by atoms with Gasteiger partial charge in [-0.15, -0.1) is 0 Å². The molecule has 0 fully saturated rings. The minimum Gasteiger partial charge on any atom is -0.360 e. The van der Waals surface area contributed by atoms with E-state index in [2.05, 4.69) is 44.8 Å². The zero-order chi connectivity index (χ0) is 10.6. The van der Waals surface area contributed by atoms with Crippen LogP contribution in [0.4, 0.5) is 0 Å². The maximum atomic E-state index is 5.24. The summed E-state index contributed by atoms with van der Waals surface area (Å²) in [6.45, 7) is 11.8. The van der Waals surface area contributed by atoms with Crippen LogP contribution in [0.3, 0.4) is 0 Å². The van der Waals surface area contributed by atoms with Gasteiger partial charge in [-0.05, 0) is 31.5 Å². The molecule has 0 atom stereocenters. The quantitative estimate of drug-likeness (QED) is 0.691. The molecule has 0 spiro atoms. The molecule has 3 heteroatoms. The van der Waals surface area contributed by atoms with Crippen molar-refractivity contribution >= 4 is 17.3 Å². The summed E-state index contributed by atoms with van der Waals surface area (Å²) in [6.07, 6.45) is 0. The van der Waals surface area contributed by atoms with Crippen molar-refractivity contribution in [1.82, 2.24) is 10.2 Å². The molecule has 0 rings (SSSR count). The molecular weight excluding hydrogens is 180 g/mol. The monoisotopic (exact) mass is 202 g/mol. The van der Waals surface area contributed by atoms with Crippen LogP contribution >= 0.6 is 12.2 Å². The van der Waals surface area contributed by atoms with Crippen LogP contribution < -0.4 is 5.32 Å². The molecule has 0 saturated carbocycles. The maximum absolute atomic E-state index is 5.24. The molecule has 0 amide bonds. The molecule has 0 radical (unpaired) electrons. The number of hydrogen-bond acceptors (Lipinski definition) is 1. The van der Waals surface area contributed by atoms with E-state index < -0.39 is 0 Å². The van der Waals surface area contributed by atoms with Gasteiger partial charge in [0, 0.05) is 19.6 Å². The van der Waals surface area contributed by atoms with Crippen molar-refractivity contribution in [2.75, 3.05) is 13.6 Å². The lowest BCUT2D eigenvalue weighted by Gasteiger charge is -2.29. The zero-order valence-corrected chi connectivity index (χ0v) is 10.5. The van der Waals surface area contributed by atoms with Gasteiger partial charge in [-0.25, -0.2) is 0 Å². The van der Waals surface area contributed by atoms with Crippen LogP contribution in [0.5, 0.6) is 0 Å². The van der Waals surface area contributed by atoms with E-state index in [1.165, 1.54) is 0 Å². The van der Waals surface area contributed by atoms with E-state index in [4.69, 9.17) is 12.2 Å². The summed E-state index contributed by atoms with van der Waals surface area (Å²) in [5.74, 6) is 0. The van der Waals surface area contributed by atoms with Crippen LogP contribution in [-0.2, 0) is 0 Å². The summed E-state index contributed by atoms with van der Waals surface area (Å²) in [4.78, 5) is 2.09. The highest BCUT2D eigenvalue weighted by Gasteiger charge is 2.15.